The molecule has 2 aromatic heterocycles. The molecule has 0 amide bonds. The molecule has 6 nitrogen and oxygen atoms in total. The Bertz CT molecular complexity index is 1030. The number of benzene rings is 1. The van der Waals surface area contributed by atoms with Gasteiger partial charge in [-0.15, -0.1) is 0 Å². The summed E-state index contributed by atoms with van der Waals surface area (Å²) in [5.74, 6) is 0.507. The van der Waals surface area contributed by atoms with Gasteiger partial charge in [0.1, 0.15) is 11.4 Å². The van der Waals surface area contributed by atoms with Crippen LogP contribution in [0.4, 0.5) is 4.39 Å². The number of aliphatic hydroxyl groups excluding tert-OH is 1. The minimum absolute atomic E-state index is 0.0316. The minimum atomic E-state index is -0.550. The topological polar surface area (TPSA) is 81.3 Å². The predicted octanol–water partition coefficient (Wildman–Crippen LogP) is 3.81. The maximum absolute atomic E-state index is 13.7. The first kappa shape index (κ1) is 16.6. The third-order valence-electron chi connectivity index (χ3n) is 5.30. The van der Waals surface area contributed by atoms with Gasteiger partial charge in [0.25, 0.3) is 5.89 Å². The Kier molecular flexibility index (Phi) is 3.70. The van der Waals surface area contributed by atoms with Crippen molar-refractivity contribution in [2.24, 2.45) is 0 Å². The molecular formula is C19H15ClFN3O3. The smallest absolute Gasteiger partial charge is 0.259 e. The van der Waals surface area contributed by atoms with Gasteiger partial charge in [-0.2, -0.15) is 4.98 Å². The zero-order valence-electron chi connectivity index (χ0n) is 14.2. The predicted molar refractivity (Wildman–Crippen MR) is 94.9 cm³/mol. The van der Waals surface area contributed by atoms with E-state index in [9.17, 15) is 9.50 Å². The highest BCUT2D eigenvalue weighted by molar-refractivity contribution is 6.30. The molecule has 1 N–H and O–H groups in total. The first-order valence-corrected chi connectivity index (χ1v) is 9.07. The molecule has 27 heavy (non-hydrogen) atoms. The second-order valence-electron chi connectivity index (χ2n) is 6.98. The van der Waals surface area contributed by atoms with E-state index in [0.29, 0.717) is 23.4 Å². The highest BCUT2D eigenvalue weighted by Crippen LogP contribution is 2.44. The van der Waals surface area contributed by atoms with Gasteiger partial charge in [-0.1, -0.05) is 16.8 Å². The number of hydrogen-bond acceptors (Lipinski definition) is 6. The van der Waals surface area contributed by atoms with Crippen LogP contribution in [-0.4, -0.2) is 31.9 Å². The van der Waals surface area contributed by atoms with Gasteiger partial charge < -0.3 is 14.4 Å². The van der Waals surface area contributed by atoms with Crippen LogP contribution < -0.4 is 4.74 Å². The average molecular weight is 388 g/mol. The highest BCUT2D eigenvalue weighted by Gasteiger charge is 2.49. The van der Waals surface area contributed by atoms with Crippen molar-refractivity contribution in [2.75, 3.05) is 0 Å². The van der Waals surface area contributed by atoms with Crippen LogP contribution in [0.3, 0.4) is 0 Å². The highest BCUT2D eigenvalue weighted by atomic mass is 35.5. The lowest BCUT2D eigenvalue weighted by atomic mass is 9.73. The largest absolute Gasteiger partial charge is 0.468 e. The summed E-state index contributed by atoms with van der Waals surface area (Å²) in [6.45, 7) is 0. The summed E-state index contributed by atoms with van der Waals surface area (Å²) in [6, 6.07) is 6.15. The molecule has 1 spiro atoms. The monoisotopic (exact) mass is 387 g/mol. The molecule has 8 heteroatoms. The van der Waals surface area contributed by atoms with Crippen molar-refractivity contribution in [3.63, 3.8) is 0 Å². The van der Waals surface area contributed by atoms with Gasteiger partial charge in [0, 0.05) is 23.7 Å². The molecule has 0 radical (unpaired) electrons. The third kappa shape index (κ3) is 2.69. The Morgan fingerprint density at radius 2 is 2.07 bits per heavy atom. The molecular weight excluding hydrogens is 373 g/mol. The first-order chi connectivity index (χ1) is 13.0. The van der Waals surface area contributed by atoms with Crippen molar-refractivity contribution in [2.45, 2.75) is 37.4 Å². The van der Waals surface area contributed by atoms with Gasteiger partial charge in [0.15, 0.2) is 0 Å². The lowest BCUT2D eigenvalue weighted by molar-refractivity contribution is -0.118. The zero-order chi connectivity index (χ0) is 18.6. The molecule has 0 unspecified atom stereocenters. The van der Waals surface area contributed by atoms with E-state index >= 15 is 0 Å². The average Bonchev–Trinajstić information content (AvgIpc) is 3.11. The van der Waals surface area contributed by atoms with E-state index in [1.165, 1.54) is 12.1 Å². The minimum Gasteiger partial charge on any atom is -0.468 e. The second-order valence-corrected chi connectivity index (χ2v) is 7.39. The molecule has 2 aliphatic rings. The first-order valence-electron chi connectivity index (χ1n) is 8.70. The SMILES string of the molecule is O[C@H]1Cc2cc(-c3nc(-c4ccc(Cl)c(F)c4)no3)cnc2OC12CCC2. The summed E-state index contributed by atoms with van der Waals surface area (Å²) >= 11 is 5.70. The summed E-state index contributed by atoms with van der Waals surface area (Å²) in [7, 11) is 0. The van der Waals surface area contributed by atoms with Gasteiger partial charge >= 0.3 is 0 Å². The Balaban J connectivity index is 1.45. The van der Waals surface area contributed by atoms with Gasteiger partial charge in [-0.25, -0.2) is 9.37 Å². The number of nitrogens with zero attached hydrogens (tertiary/aromatic N) is 3. The van der Waals surface area contributed by atoms with Crippen LogP contribution >= 0.6 is 11.6 Å². The molecule has 1 aliphatic heterocycles. The van der Waals surface area contributed by atoms with Gasteiger partial charge in [-0.05, 0) is 43.5 Å². The Labute approximate surface area is 159 Å². The fraction of sp³-hybridized carbons (Fsp3) is 0.316. The van der Waals surface area contributed by atoms with Crippen molar-refractivity contribution in [1.29, 1.82) is 0 Å². The lowest BCUT2D eigenvalue weighted by Gasteiger charge is -2.47. The van der Waals surface area contributed by atoms with E-state index in [2.05, 4.69) is 15.1 Å². The molecule has 3 aromatic rings. The number of aromatic nitrogens is 3. The van der Waals surface area contributed by atoms with E-state index in [-0.39, 0.29) is 16.7 Å². The Morgan fingerprint density at radius 1 is 1.22 bits per heavy atom. The van der Waals surface area contributed by atoms with Crippen LogP contribution in [0, 0.1) is 5.82 Å². The molecule has 0 saturated heterocycles. The van der Waals surface area contributed by atoms with Gasteiger partial charge in [0.2, 0.25) is 11.7 Å². The number of rotatable bonds is 2. The number of halogens is 2. The van der Waals surface area contributed by atoms with Crippen LogP contribution in [0.15, 0.2) is 35.0 Å². The van der Waals surface area contributed by atoms with E-state index in [1.54, 1.807) is 12.3 Å². The van der Waals surface area contributed by atoms with Crippen LogP contribution in [0.2, 0.25) is 5.02 Å². The van der Waals surface area contributed by atoms with E-state index in [1.807, 2.05) is 6.07 Å². The van der Waals surface area contributed by atoms with Crippen LogP contribution in [-0.2, 0) is 6.42 Å². The maximum atomic E-state index is 13.7. The number of ether oxygens (including phenoxy) is 1. The van der Waals surface area contributed by atoms with Gasteiger partial charge in [-0.3, -0.25) is 0 Å². The number of hydrogen-bond donors (Lipinski definition) is 1. The molecule has 3 heterocycles. The number of aliphatic hydroxyl groups is 1. The molecule has 1 saturated carbocycles. The third-order valence-corrected chi connectivity index (χ3v) is 5.60. The van der Waals surface area contributed by atoms with Crippen molar-refractivity contribution in [1.82, 2.24) is 15.1 Å². The molecule has 1 aromatic carbocycles. The molecule has 1 atom stereocenters. The number of fused-ring (bicyclic) bond motifs is 1. The Hall–Kier alpha value is -2.51. The van der Waals surface area contributed by atoms with Crippen LogP contribution in [0.25, 0.3) is 22.8 Å². The fourth-order valence-electron chi connectivity index (χ4n) is 3.56. The summed E-state index contributed by atoms with van der Waals surface area (Å²) in [6.07, 6.45) is 4.28. The molecule has 1 fully saturated rings. The van der Waals surface area contributed by atoms with Crippen LogP contribution in [0.1, 0.15) is 24.8 Å². The van der Waals surface area contributed by atoms with Crippen molar-refractivity contribution in [3.8, 4) is 28.7 Å². The normalized spacial score (nSPS) is 20.0. The van der Waals surface area contributed by atoms with Crippen molar-refractivity contribution in [3.05, 3.63) is 46.9 Å². The molecule has 0 bridgehead atoms. The standard InChI is InChI=1S/C19H15ClFN3O3/c20-13-3-2-10(7-14(13)21)16-23-18(27-24-16)12-6-11-8-15(25)19(4-1-5-19)26-17(11)22-9-12/h2-3,6-7,9,15,25H,1,4-5,8H2/t15-/m0/s1. The van der Waals surface area contributed by atoms with E-state index in [0.717, 1.165) is 24.8 Å². The molecule has 5 rings (SSSR count). The second kappa shape index (κ2) is 6.00. The van der Waals surface area contributed by atoms with Gasteiger partial charge in [0.05, 0.1) is 16.7 Å². The van der Waals surface area contributed by atoms with E-state index in [4.69, 9.17) is 20.9 Å². The summed E-state index contributed by atoms with van der Waals surface area (Å²) in [5, 5.41) is 14.4. The lowest BCUT2D eigenvalue weighted by Crippen LogP contribution is -2.56. The number of pyridine rings is 1. The summed E-state index contributed by atoms with van der Waals surface area (Å²) in [5.41, 5.74) is 1.40. The maximum Gasteiger partial charge on any atom is 0.259 e. The zero-order valence-corrected chi connectivity index (χ0v) is 14.9. The van der Waals surface area contributed by atoms with E-state index < -0.39 is 17.5 Å². The summed E-state index contributed by atoms with van der Waals surface area (Å²) < 4.78 is 24.9. The molecule has 138 valence electrons. The molecule has 1 aliphatic carbocycles. The van der Waals surface area contributed by atoms with Crippen molar-refractivity contribution < 1.29 is 18.8 Å². The van der Waals surface area contributed by atoms with Crippen molar-refractivity contribution >= 4 is 11.6 Å². The Morgan fingerprint density at radius 3 is 2.81 bits per heavy atom. The summed E-state index contributed by atoms with van der Waals surface area (Å²) in [4.78, 5) is 8.69. The van der Waals surface area contributed by atoms with Crippen LogP contribution in [0.5, 0.6) is 5.88 Å². The quantitative estimate of drug-likeness (QED) is 0.720. The fourth-order valence-corrected chi connectivity index (χ4v) is 3.68.